The molecular formula is C12H21N3S. The molecule has 0 amide bonds. The lowest BCUT2D eigenvalue weighted by Gasteiger charge is -2.25. The fourth-order valence-electron chi connectivity index (χ4n) is 2.58. The molecule has 2 atom stereocenters. The maximum absolute atomic E-state index is 5.88. The van der Waals surface area contributed by atoms with Gasteiger partial charge in [-0.3, -0.25) is 4.90 Å². The molecule has 1 aliphatic heterocycles. The number of aromatic nitrogens is 1. The van der Waals surface area contributed by atoms with E-state index in [2.05, 4.69) is 29.1 Å². The second kappa shape index (κ2) is 5.25. The predicted molar refractivity (Wildman–Crippen MR) is 68.6 cm³/mol. The third-order valence-corrected chi connectivity index (χ3v) is 4.36. The molecular weight excluding hydrogens is 218 g/mol. The number of rotatable bonds is 4. The Balaban J connectivity index is 2.18. The van der Waals surface area contributed by atoms with Crippen LogP contribution in [0.5, 0.6) is 0 Å². The zero-order chi connectivity index (χ0) is 11.5. The lowest BCUT2D eigenvalue weighted by Crippen LogP contribution is -2.28. The Bertz CT molecular complexity index is 337. The van der Waals surface area contributed by atoms with Crippen molar-refractivity contribution in [1.82, 2.24) is 9.88 Å². The summed E-state index contributed by atoms with van der Waals surface area (Å²) < 4.78 is 0. The van der Waals surface area contributed by atoms with Crippen LogP contribution in [0.3, 0.4) is 0 Å². The van der Waals surface area contributed by atoms with Crippen LogP contribution in [0.4, 0.5) is 0 Å². The minimum atomic E-state index is 0.476. The highest BCUT2D eigenvalue weighted by Gasteiger charge is 2.35. The minimum Gasteiger partial charge on any atom is -0.330 e. The van der Waals surface area contributed by atoms with Crippen molar-refractivity contribution < 1.29 is 0 Å². The van der Waals surface area contributed by atoms with Crippen LogP contribution in [-0.2, 0) is 0 Å². The Morgan fingerprint density at radius 3 is 3.00 bits per heavy atom. The van der Waals surface area contributed by atoms with Crippen LogP contribution < -0.4 is 5.73 Å². The van der Waals surface area contributed by atoms with Gasteiger partial charge in [0.1, 0.15) is 5.01 Å². The number of hydrogen-bond acceptors (Lipinski definition) is 4. The van der Waals surface area contributed by atoms with Gasteiger partial charge in [0.25, 0.3) is 0 Å². The maximum atomic E-state index is 5.88. The SMILES string of the molecule is CCCN1CCC(CN)C1c1nc(C)cs1. The Hall–Kier alpha value is -0.450. The van der Waals surface area contributed by atoms with E-state index in [1.807, 2.05) is 0 Å². The van der Waals surface area contributed by atoms with E-state index in [0.29, 0.717) is 12.0 Å². The second-order valence-corrected chi connectivity index (χ2v) is 5.48. The molecule has 0 saturated carbocycles. The van der Waals surface area contributed by atoms with Crippen molar-refractivity contribution in [3.05, 3.63) is 16.1 Å². The molecule has 3 nitrogen and oxygen atoms in total. The number of thiazole rings is 1. The van der Waals surface area contributed by atoms with Crippen molar-refractivity contribution in [3.63, 3.8) is 0 Å². The van der Waals surface area contributed by atoms with Crippen molar-refractivity contribution in [2.75, 3.05) is 19.6 Å². The number of nitrogens with two attached hydrogens (primary N) is 1. The van der Waals surface area contributed by atoms with Crippen molar-refractivity contribution in [2.24, 2.45) is 11.7 Å². The van der Waals surface area contributed by atoms with Crippen LogP contribution in [-0.4, -0.2) is 29.5 Å². The first-order valence-corrected chi connectivity index (χ1v) is 7.00. The normalized spacial score (nSPS) is 26.4. The third kappa shape index (κ3) is 2.29. The van der Waals surface area contributed by atoms with E-state index in [-0.39, 0.29) is 0 Å². The fourth-order valence-corrected chi connectivity index (χ4v) is 3.60. The molecule has 4 heteroatoms. The molecule has 2 rings (SSSR count). The second-order valence-electron chi connectivity index (χ2n) is 4.59. The highest BCUT2D eigenvalue weighted by molar-refractivity contribution is 7.09. The molecule has 90 valence electrons. The average molecular weight is 239 g/mol. The summed E-state index contributed by atoms with van der Waals surface area (Å²) in [4.78, 5) is 7.20. The van der Waals surface area contributed by atoms with Gasteiger partial charge in [-0.15, -0.1) is 11.3 Å². The van der Waals surface area contributed by atoms with Crippen LogP contribution >= 0.6 is 11.3 Å². The van der Waals surface area contributed by atoms with Gasteiger partial charge in [-0.1, -0.05) is 6.92 Å². The monoisotopic (exact) mass is 239 g/mol. The van der Waals surface area contributed by atoms with E-state index in [4.69, 9.17) is 5.73 Å². The molecule has 0 spiro atoms. The third-order valence-electron chi connectivity index (χ3n) is 3.33. The number of aryl methyl sites for hydroxylation is 1. The van der Waals surface area contributed by atoms with Gasteiger partial charge in [0.05, 0.1) is 6.04 Å². The van der Waals surface area contributed by atoms with Crippen molar-refractivity contribution in [1.29, 1.82) is 0 Å². The molecule has 16 heavy (non-hydrogen) atoms. The molecule has 1 aromatic heterocycles. The molecule has 0 bridgehead atoms. The number of hydrogen-bond donors (Lipinski definition) is 1. The first-order valence-electron chi connectivity index (χ1n) is 6.12. The molecule has 1 aliphatic rings. The van der Waals surface area contributed by atoms with Crippen molar-refractivity contribution >= 4 is 11.3 Å². The van der Waals surface area contributed by atoms with E-state index in [9.17, 15) is 0 Å². The molecule has 0 aliphatic carbocycles. The highest BCUT2D eigenvalue weighted by Crippen LogP contribution is 2.37. The summed E-state index contributed by atoms with van der Waals surface area (Å²) in [6.07, 6.45) is 2.43. The summed E-state index contributed by atoms with van der Waals surface area (Å²) in [5.74, 6) is 0.595. The van der Waals surface area contributed by atoms with Gasteiger partial charge in [-0.2, -0.15) is 0 Å². The summed E-state index contributed by atoms with van der Waals surface area (Å²) in [5, 5.41) is 3.41. The van der Waals surface area contributed by atoms with Crippen LogP contribution in [0.25, 0.3) is 0 Å². The highest BCUT2D eigenvalue weighted by atomic mass is 32.1. The zero-order valence-corrected chi connectivity index (χ0v) is 11.0. The smallest absolute Gasteiger partial charge is 0.110 e. The molecule has 2 unspecified atom stereocenters. The number of likely N-dealkylation sites (tertiary alicyclic amines) is 1. The molecule has 1 saturated heterocycles. The first kappa shape index (κ1) is 12.0. The fraction of sp³-hybridized carbons (Fsp3) is 0.750. The molecule has 0 radical (unpaired) electrons. The largest absolute Gasteiger partial charge is 0.330 e. The van der Waals surface area contributed by atoms with Crippen molar-refractivity contribution in [3.8, 4) is 0 Å². The standard InChI is InChI=1S/C12H21N3S/c1-3-5-15-6-4-10(7-13)11(15)12-14-9(2)8-16-12/h8,10-11H,3-7,13H2,1-2H3. The van der Waals surface area contributed by atoms with Gasteiger partial charge in [0.15, 0.2) is 0 Å². The van der Waals surface area contributed by atoms with Gasteiger partial charge in [-0.05, 0) is 45.3 Å². The zero-order valence-electron chi connectivity index (χ0n) is 10.1. The van der Waals surface area contributed by atoms with Gasteiger partial charge >= 0.3 is 0 Å². The summed E-state index contributed by atoms with van der Waals surface area (Å²) in [6.45, 7) is 7.43. The molecule has 0 aromatic carbocycles. The quantitative estimate of drug-likeness (QED) is 0.875. The van der Waals surface area contributed by atoms with Crippen LogP contribution in [0.1, 0.15) is 36.5 Å². The van der Waals surface area contributed by atoms with Crippen molar-refractivity contribution in [2.45, 2.75) is 32.7 Å². The van der Waals surface area contributed by atoms with Gasteiger partial charge < -0.3 is 5.73 Å². The van der Waals surface area contributed by atoms with E-state index in [1.54, 1.807) is 11.3 Å². The molecule has 1 aromatic rings. The summed E-state index contributed by atoms with van der Waals surface area (Å²) in [5.41, 5.74) is 7.01. The lowest BCUT2D eigenvalue weighted by atomic mass is 10.0. The molecule has 2 heterocycles. The lowest BCUT2D eigenvalue weighted by molar-refractivity contribution is 0.230. The van der Waals surface area contributed by atoms with E-state index in [1.165, 1.54) is 30.9 Å². The van der Waals surface area contributed by atoms with Gasteiger partial charge in [0, 0.05) is 11.1 Å². The Morgan fingerprint density at radius 2 is 2.44 bits per heavy atom. The van der Waals surface area contributed by atoms with E-state index >= 15 is 0 Å². The first-order chi connectivity index (χ1) is 7.76. The summed E-state index contributed by atoms with van der Waals surface area (Å²) in [7, 11) is 0. The Labute approximate surface area is 102 Å². The van der Waals surface area contributed by atoms with Gasteiger partial charge in [-0.25, -0.2) is 4.98 Å². The minimum absolute atomic E-state index is 0.476. The van der Waals surface area contributed by atoms with E-state index in [0.717, 1.165) is 12.2 Å². The van der Waals surface area contributed by atoms with Crippen LogP contribution in [0.15, 0.2) is 5.38 Å². The number of nitrogens with zero attached hydrogens (tertiary/aromatic N) is 2. The average Bonchev–Trinajstić information content (AvgIpc) is 2.85. The summed E-state index contributed by atoms with van der Waals surface area (Å²) in [6, 6.07) is 0.476. The van der Waals surface area contributed by atoms with Gasteiger partial charge in [0.2, 0.25) is 0 Å². The molecule has 1 fully saturated rings. The van der Waals surface area contributed by atoms with Crippen LogP contribution in [0.2, 0.25) is 0 Å². The topological polar surface area (TPSA) is 42.1 Å². The van der Waals surface area contributed by atoms with Crippen LogP contribution in [0, 0.1) is 12.8 Å². The van der Waals surface area contributed by atoms with E-state index < -0.39 is 0 Å². The Morgan fingerprint density at radius 1 is 1.62 bits per heavy atom. The Kier molecular flexibility index (Phi) is 3.95. The predicted octanol–water partition coefficient (Wildman–Crippen LogP) is 2.18. The summed E-state index contributed by atoms with van der Waals surface area (Å²) >= 11 is 1.79. The molecule has 2 N–H and O–H groups in total. The maximum Gasteiger partial charge on any atom is 0.110 e.